The van der Waals surface area contributed by atoms with Gasteiger partial charge in [-0.1, -0.05) is 32.0 Å². The SMILES string of the molecule is CC(C)COc1cn(-c2ccccc2)nc1C(=O)N1CCOCC1CC(=O)O. The number of hydrogen-bond acceptors (Lipinski definition) is 5. The highest BCUT2D eigenvalue weighted by atomic mass is 16.5. The first-order valence-electron chi connectivity index (χ1n) is 9.34. The van der Waals surface area contributed by atoms with Gasteiger partial charge >= 0.3 is 5.97 Å². The highest BCUT2D eigenvalue weighted by Gasteiger charge is 2.33. The molecule has 150 valence electrons. The molecule has 0 radical (unpaired) electrons. The third kappa shape index (κ3) is 4.69. The van der Waals surface area contributed by atoms with E-state index in [1.165, 1.54) is 4.90 Å². The molecule has 28 heavy (non-hydrogen) atoms. The van der Waals surface area contributed by atoms with E-state index in [0.717, 1.165) is 5.69 Å². The summed E-state index contributed by atoms with van der Waals surface area (Å²) in [6.45, 7) is 5.37. The lowest BCUT2D eigenvalue weighted by Gasteiger charge is -2.34. The van der Waals surface area contributed by atoms with Crippen LogP contribution in [0.1, 0.15) is 30.8 Å². The summed E-state index contributed by atoms with van der Waals surface area (Å²) in [5.74, 6) is -0.642. The van der Waals surface area contributed by atoms with Crippen molar-refractivity contribution in [2.75, 3.05) is 26.4 Å². The van der Waals surface area contributed by atoms with Crippen molar-refractivity contribution in [3.8, 4) is 11.4 Å². The van der Waals surface area contributed by atoms with Crippen LogP contribution in [0.25, 0.3) is 5.69 Å². The Balaban J connectivity index is 1.92. The Hall–Kier alpha value is -2.87. The number of hydrogen-bond donors (Lipinski definition) is 1. The summed E-state index contributed by atoms with van der Waals surface area (Å²) in [4.78, 5) is 25.9. The fraction of sp³-hybridized carbons (Fsp3) is 0.450. The molecule has 8 nitrogen and oxygen atoms in total. The Bertz CT molecular complexity index is 819. The summed E-state index contributed by atoms with van der Waals surface area (Å²) >= 11 is 0. The third-order valence-corrected chi connectivity index (χ3v) is 4.37. The fourth-order valence-corrected chi connectivity index (χ4v) is 3.01. The number of aromatic nitrogens is 2. The number of para-hydroxylation sites is 1. The summed E-state index contributed by atoms with van der Waals surface area (Å²) in [6, 6.07) is 8.92. The maximum Gasteiger partial charge on any atom is 0.305 e. The molecule has 1 N–H and O–H groups in total. The monoisotopic (exact) mass is 387 g/mol. The molecular formula is C20H25N3O5. The topological polar surface area (TPSA) is 93.9 Å². The molecule has 2 aromatic rings. The number of carbonyl (C=O) groups excluding carboxylic acids is 1. The number of nitrogens with zero attached hydrogens (tertiary/aromatic N) is 3. The van der Waals surface area contributed by atoms with Gasteiger partial charge < -0.3 is 19.5 Å². The lowest BCUT2D eigenvalue weighted by atomic mass is 10.1. The lowest BCUT2D eigenvalue weighted by Crippen LogP contribution is -2.49. The molecule has 1 aromatic carbocycles. The summed E-state index contributed by atoms with van der Waals surface area (Å²) in [5.41, 5.74) is 0.988. The van der Waals surface area contributed by atoms with Crippen LogP contribution in [-0.2, 0) is 9.53 Å². The molecule has 1 unspecified atom stereocenters. The minimum absolute atomic E-state index is 0.173. The van der Waals surface area contributed by atoms with Gasteiger partial charge in [0.25, 0.3) is 5.91 Å². The van der Waals surface area contributed by atoms with Crippen LogP contribution in [0, 0.1) is 5.92 Å². The average molecular weight is 387 g/mol. The van der Waals surface area contributed by atoms with Gasteiger partial charge in [-0.25, -0.2) is 4.68 Å². The summed E-state index contributed by atoms with van der Waals surface area (Å²) in [7, 11) is 0. The molecule has 2 heterocycles. The molecule has 1 aromatic heterocycles. The van der Waals surface area contributed by atoms with E-state index in [1.54, 1.807) is 10.9 Å². The van der Waals surface area contributed by atoms with E-state index < -0.39 is 12.0 Å². The van der Waals surface area contributed by atoms with Crippen LogP contribution in [0.2, 0.25) is 0 Å². The van der Waals surface area contributed by atoms with Crippen LogP contribution in [0.4, 0.5) is 0 Å². The van der Waals surface area contributed by atoms with Crippen molar-refractivity contribution in [1.82, 2.24) is 14.7 Å². The number of morpholine rings is 1. The van der Waals surface area contributed by atoms with Crippen LogP contribution in [0.15, 0.2) is 36.5 Å². The molecule has 1 atom stereocenters. The second kappa shape index (κ2) is 8.88. The van der Waals surface area contributed by atoms with E-state index in [0.29, 0.717) is 25.5 Å². The normalized spacial score (nSPS) is 17.0. The van der Waals surface area contributed by atoms with Gasteiger partial charge in [0, 0.05) is 6.54 Å². The van der Waals surface area contributed by atoms with Gasteiger partial charge in [-0.3, -0.25) is 9.59 Å². The second-order valence-electron chi connectivity index (χ2n) is 7.15. The summed E-state index contributed by atoms with van der Waals surface area (Å²) < 4.78 is 12.8. The van der Waals surface area contributed by atoms with Gasteiger partial charge in [0.05, 0.1) is 44.2 Å². The number of amides is 1. The summed E-state index contributed by atoms with van der Waals surface area (Å²) in [6.07, 6.45) is 1.52. The zero-order valence-electron chi connectivity index (χ0n) is 16.1. The summed E-state index contributed by atoms with van der Waals surface area (Å²) in [5, 5.41) is 13.6. The molecule has 0 saturated carbocycles. The van der Waals surface area contributed by atoms with E-state index in [2.05, 4.69) is 5.10 Å². The van der Waals surface area contributed by atoms with Gasteiger partial charge in [-0.2, -0.15) is 5.10 Å². The Morgan fingerprint density at radius 1 is 1.32 bits per heavy atom. The highest BCUT2D eigenvalue weighted by Crippen LogP contribution is 2.24. The van der Waals surface area contributed by atoms with Crippen molar-refractivity contribution < 1.29 is 24.2 Å². The van der Waals surface area contributed by atoms with Crippen molar-refractivity contribution in [3.63, 3.8) is 0 Å². The van der Waals surface area contributed by atoms with E-state index in [1.807, 2.05) is 44.2 Å². The van der Waals surface area contributed by atoms with Crippen LogP contribution in [0.3, 0.4) is 0 Å². The van der Waals surface area contributed by atoms with E-state index >= 15 is 0 Å². The second-order valence-corrected chi connectivity index (χ2v) is 7.15. The minimum Gasteiger partial charge on any atom is -0.489 e. The van der Waals surface area contributed by atoms with Crippen molar-refractivity contribution in [2.45, 2.75) is 26.3 Å². The quantitative estimate of drug-likeness (QED) is 0.783. The van der Waals surface area contributed by atoms with Gasteiger partial charge in [-0.15, -0.1) is 0 Å². The number of carbonyl (C=O) groups is 2. The lowest BCUT2D eigenvalue weighted by molar-refractivity contribution is -0.139. The molecule has 1 fully saturated rings. The van der Waals surface area contributed by atoms with Gasteiger partial charge in [0.15, 0.2) is 11.4 Å². The molecule has 1 aliphatic heterocycles. The zero-order chi connectivity index (χ0) is 20.1. The average Bonchev–Trinajstić information content (AvgIpc) is 3.11. The predicted octanol–water partition coefficient (Wildman–Crippen LogP) is 2.22. The Kier molecular flexibility index (Phi) is 6.30. The first kappa shape index (κ1) is 19.9. The molecule has 1 saturated heterocycles. The van der Waals surface area contributed by atoms with Gasteiger partial charge in [-0.05, 0) is 18.1 Å². The van der Waals surface area contributed by atoms with Crippen LogP contribution < -0.4 is 4.74 Å². The van der Waals surface area contributed by atoms with Crippen molar-refractivity contribution in [1.29, 1.82) is 0 Å². The molecule has 0 spiro atoms. The molecule has 0 aliphatic carbocycles. The molecule has 3 rings (SSSR count). The largest absolute Gasteiger partial charge is 0.489 e. The Morgan fingerprint density at radius 3 is 2.75 bits per heavy atom. The standard InChI is InChI=1S/C20H25N3O5/c1-14(2)12-28-17-11-23(15-6-4-3-5-7-15)21-19(17)20(26)22-8-9-27-13-16(22)10-18(24)25/h3-7,11,14,16H,8-10,12-13H2,1-2H3,(H,24,25). The Morgan fingerprint density at radius 2 is 2.07 bits per heavy atom. The van der Waals surface area contributed by atoms with E-state index in [-0.39, 0.29) is 30.5 Å². The number of benzene rings is 1. The maximum atomic E-state index is 13.2. The number of rotatable bonds is 7. The maximum absolute atomic E-state index is 13.2. The van der Waals surface area contributed by atoms with E-state index in [4.69, 9.17) is 14.6 Å². The first-order chi connectivity index (χ1) is 13.5. The van der Waals surface area contributed by atoms with Crippen molar-refractivity contribution >= 4 is 11.9 Å². The smallest absolute Gasteiger partial charge is 0.305 e. The van der Waals surface area contributed by atoms with Crippen LogP contribution >= 0.6 is 0 Å². The molecule has 1 aliphatic rings. The highest BCUT2D eigenvalue weighted by molar-refractivity contribution is 5.95. The van der Waals surface area contributed by atoms with E-state index in [9.17, 15) is 9.59 Å². The minimum atomic E-state index is -0.973. The third-order valence-electron chi connectivity index (χ3n) is 4.37. The predicted molar refractivity (Wildman–Crippen MR) is 102 cm³/mol. The van der Waals surface area contributed by atoms with Gasteiger partial charge in [0.1, 0.15) is 0 Å². The van der Waals surface area contributed by atoms with Crippen molar-refractivity contribution in [3.05, 3.63) is 42.2 Å². The van der Waals surface area contributed by atoms with Crippen LogP contribution in [0.5, 0.6) is 5.75 Å². The van der Waals surface area contributed by atoms with Crippen LogP contribution in [-0.4, -0.2) is 64.1 Å². The number of carboxylic acids is 1. The number of ether oxygens (including phenoxy) is 2. The molecule has 8 heteroatoms. The first-order valence-corrected chi connectivity index (χ1v) is 9.34. The molecule has 1 amide bonds. The molecule has 0 bridgehead atoms. The molecular weight excluding hydrogens is 362 g/mol. The fourth-order valence-electron chi connectivity index (χ4n) is 3.01. The van der Waals surface area contributed by atoms with Crippen molar-refractivity contribution in [2.24, 2.45) is 5.92 Å². The Labute approximate surface area is 163 Å². The number of aliphatic carboxylic acids is 1. The zero-order valence-corrected chi connectivity index (χ0v) is 16.1. The number of carboxylic acid groups (broad SMARTS) is 1. The van der Waals surface area contributed by atoms with Gasteiger partial charge in [0.2, 0.25) is 0 Å².